The maximum absolute atomic E-state index is 5.75. The Hall–Kier alpha value is -0.120. The van der Waals surface area contributed by atoms with Crippen molar-refractivity contribution in [3.63, 3.8) is 0 Å². The van der Waals surface area contributed by atoms with Gasteiger partial charge >= 0.3 is 0 Å². The Morgan fingerprint density at radius 2 is 1.95 bits per heavy atom. The van der Waals surface area contributed by atoms with Crippen molar-refractivity contribution in [3.8, 4) is 0 Å². The SMILES string of the molecule is CCNC(CN1CC(C)OCC1C)C1CCCCC1. The van der Waals surface area contributed by atoms with Crippen LogP contribution in [-0.4, -0.2) is 49.3 Å². The van der Waals surface area contributed by atoms with Crippen LogP contribution in [0.15, 0.2) is 0 Å². The fourth-order valence-electron chi connectivity index (χ4n) is 3.66. The van der Waals surface area contributed by atoms with Crippen LogP contribution in [0.3, 0.4) is 0 Å². The smallest absolute Gasteiger partial charge is 0.0674 e. The van der Waals surface area contributed by atoms with E-state index in [1.165, 1.54) is 38.6 Å². The highest BCUT2D eigenvalue weighted by molar-refractivity contribution is 4.85. The van der Waals surface area contributed by atoms with E-state index in [9.17, 15) is 0 Å². The molecule has 0 aromatic heterocycles. The van der Waals surface area contributed by atoms with E-state index in [2.05, 4.69) is 31.0 Å². The molecule has 2 aliphatic rings. The summed E-state index contributed by atoms with van der Waals surface area (Å²) in [6.45, 7) is 11.0. The van der Waals surface area contributed by atoms with Gasteiger partial charge in [0.1, 0.15) is 0 Å². The van der Waals surface area contributed by atoms with Gasteiger partial charge in [-0.1, -0.05) is 26.2 Å². The predicted octanol–water partition coefficient (Wildman–Crippen LogP) is 2.65. The van der Waals surface area contributed by atoms with E-state index in [0.29, 0.717) is 18.2 Å². The number of hydrogen-bond acceptors (Lipinski definition) is 3. The van der Waals surface area contributed by atoms with Crippen LogP contribution in [0.5, 0.6) is 0 Å². The molecule has 3 unspecified atom stereocenters. The van der Waals surface area contributed by atoms with Gasteiger partial charge in [0.2, 0.25) is 0 Å². The summed E-state index contributed by atoms with van der Waals surface area (Å²) >= 11 is 0. The Morgan fingerprint density at radius 1 is 1.21 bits per heavy atom. The van der Waals surface area contributed by atoms with Gasteiger partial charge in [-0.05, 0) is 39.2 Å². The molecule has 1 saturated carbocycles. The number of likely N-dealkylation sites (N-methyl/N-ethyl adjacent to an activating group) is 1. The highest BCUT2D eigenvalue weighted by Crippen LogP contribution is 2.27. The van der Waals surface area contributed by atoms with Crippen LogP contribution in [-0.2, 0) is 4.74 Å². The number of hydrogen-bond donors (Lipinski definition) is 1. The van der Waals surface area contributed by atoms with Gasteiger partial charge in [-0.25, -0.2) is 0 Å². The average Bonchev–Trinajstić information content (AvgIpc) is 2.43. The van der Waals surface area contributed by atoms with E-state index in [1.807, 2.05) is 0 Å². The molecule has 2 fully saturated rings. The lowest BCUT2D eigenvalue weighted by Crippen LogP contribution is -2.54. The van der Waals surface area contributed by atoms with E-state index in [0.717, 1.165) is 25.6 Å². The van der Waals surface area contributed by atoms with E-state index in [4.69, 9.17) is 4.74 Å². The largest absolute Gasteiger partial charge is 0.376 e. The van der Waals surface area contributed by atoms with Gasteiger partial charge in [-0.2, -0.15) is 0 Å². The summed E-state index contributed by atoms with van der Waals surface area (Å²) in [5.74, 6) is 0.888. The van der Waals surface area contributed by atoms with Crippen molar-refractivity contribution >= 4 is 0 Å². The predicted molar refractivity (Wildman–Crippen MR) is 80.5 cm³/mol. The lowest BCUT2D eigenvalue weighted by Gasteiger charge is -2.41. The molecular weight excluding hydrogens is 236 g/mol. The second-order valence-electron chi connectivity index (χ2n) is 6.51. The van der Waals surface area contributed by atoms with E-state index >= 15 is 0 Å². The van der Waals surface area contributed by atoms with Crippen molar-refractivity contribution in [3.05, 3.63) is 0 Å². The van der Waals surface area contributed by atoms with Crippen molar-refractivity contribution in [1.82, 2.24) is 10.2 Å². The van der Waals surface area contributed by atoms with Crippen LogP contribution in [0, 0.1) is 5.92 Å². The number of ether oxygens (including phenoxy) is 1. The molecule has 0 spiro atoms. The first-order valence-corrected chi connectivity index (χ1v) is 8.29. The molecule has 3 nitrogen and oxygen atoms in total. The summed E-state index contributed by atoms with van der Waals surface area (Å²) < 4.78 is 5.75. The first-order valence-electron chi connectivity index (χ1n) is 8.29. The minimum absolute atomic E-state index is 0.393. The van der Waals surface area contributed by atoms with Gasteiger partial charge in [0.15, 0.2) is 0 Å². The first kappa shape index (κ1) is 15.3. The van der Waals surface area contributed by atoms with Gasteiger partial charge < -0.3 is 10.1 Å². The topological polar surface area (TPSA) is 24.5 Å². The Kier molecular flexibility index (Phi) is 6.11. The van der Waals surface area contributed by atoms with Crippen molar-refractivity contribution in [1.29, 1.82) is 0 Å². The molecule has 1 heterocycles. The Bertz CT molecular complexity index is 253. The second-order valence-corrected chi connectivity index (χ2v) is 6.51. The molecule has 1 aliphatic heterocycles. The molecule has 3 heteroatoms. The molecule has 2 rings (SSSR count). The van der Waals surface area contributed by atoms with E-state index < -0.39 is 0 Å². The normalized spacial score (nSPS) is 32.4. The van der Waals surface area contributed by atoms with Crippen molar-refractivity contribution in [2.24, 2.45) is 5.92 Å². The van der Waals surface area contributed by atoms with Crippen LogP contribution in [0.4, 0.5) is 0 Å². The molecule has 0 aromatic carbocycles. The zero-order valence-corrected chi connectivity index (χ0v) is 13.0. The summed E-state index contributed by atoms with van der Waals surface area (Å²) in [6, 6.07) is 1.25. The van der Waals surface area contributed by atoms with Crippen LogP contribution in [0.1, 0.15) is 52.9 Å². The summed E-state index contributed by atoms with van der Waals surface area (Å²) in [5, 5.41) is 3.75. The molecule has 19 heavy (non-hydrogen) atoms. The molecule has 3 atom stereocenters. The Morgan fingerprint density at radius 3 is 2.63 bits per heavy atom. The average molecular weight is 268 g/mol. The molecule has 1 saturated heterocycles. The zero-order chi connectivity index (χ0) is 13.7. The number of rotatable bonds is 5. The van der Waals surface area contributed by atoms with Gasteiger partial charge in [-0.15, -0.1) is 0 Å². The second kappa shape index (κ2) is 7.61. The summed E-state index contributed by atoms with van der Waals surface area (Å²) in [4.78, 5) is 2.64. The van der Waals surface area contributed by atoms with Gasteiger partial charge in [-0.3, -0.25) is 4.90 Å². The van der Waals surface area contributed by atoms with Crippen LogP contribution >= 0.6 is 0 Å². The Balaban J connectivity index is 1.90. The summed E-state index contributed by atoms with van der Waals surface area (Å²) in [5.41, 5.74) is 0. The zero-order valence-electron chi connectivity index (χ0n) is 13.0. The third kappa shape index (κ3) is 4.44. The van der Waals surface area contributed by atoms with Gasteiger partial charge in [0, 0.05) is 25.2 Å². The van der Waals surface area contributed by atoms with Crippen molar-refractivity contribution in [2.75, 3.05) is 26.2 Å². The third-order valence-electron chi connectivity index (χ3n) is 4.85. The lowest BCUT2D eigenvalue weighted by atomic mass is 9.83. The minimum Gasteiger partial charge on any atom is -0.376 e. The van der Waals surface area contributed by atoms with Crippen molar-refractivity contribution in [2.45, 2.75) is 71.1 Å². The maximum atomic E-state index is 5.75. The standard InChI is InChI=1S/C16H32N2O/c1-4-17-16(15-8-6-5-7-9-15)11-18-10-14(3)19-12-13(18)2/h13-17H,4-12H2,1-3H3. The molecule has 0 aromatic rings. The number of nitrogens with zero attached hydrogens (tertiary/aromatic N) is 1. The fraction of sp³-hybridized carbons (Fsp3) is 1.00. The molecule has 1 aliphatic carbocycles. The lowest BCUT2D eigenvalue weighted by molar-refractivity contribution is -0.0545. The molecular formula is C16H32N2O. The molecule has 1 N–H and O–H groups in total. The van der Waals surface area contributed by atoms with Crippen LogP contribution < -0.4 is 5.32 Å². The van der Waals surface area contributed by atoms with Gasteiger partial charge in [0.25, 0.3) is 0 Å². The van der Waals surface area contributed by atoms with Gasteiger partial charge in [0.05, 0.1) is 12.7 Å². The van der Waals surface area contributed by atoms with E-state index in [1.54, 1.807) is 0 Å². The highest BCUT2D eigenvalue weighted by Gasteiger charge is 2.29. The molecule has 0 radical (unpaired) electrons. The summed E-state index contributed by atoms with van der Waals surface area (Å²) in [7, 11) is 0. The maximum Gasteiger partial charge on any atom is 0.0674 e. The Labute approximate surface area is 119 Å². The number of morpholine rings is 1. The quantitative estimate of drug-likeness (QED) is 0.829. The highest BCUT2D eigenvalue weighted by atomic mass is 16.5. The molecule has 112 valence electrons. The van der Waals surface area contributed by atoms with Crippen LogP contribution in [0.25, 0.3) is 0 Å². The monoisotopic (exact) mass is 268 g/mol. The minimum atomic E-state index is 0.393. The third-order valence-corrected chi connectivity index (χ3v) is 4.85. The molecule has 0 amide bonds. The van der Waals surface area contributed by atoms with E-state index in [-0.39, 0.29) is 0 Å². The first-order chi connectivity index (χ1) is 9.20. The summed E-state index contributed by atoms with van der Waals surface area (Å²) in [6.07, 6.45) is 7.55. The fourth-order valence-corrected chi connectivity index (χ4v) is 3.66. The molecule has 0 bridgehead atoms. The van der Waals surface area contributed by atoms with Crippen molar-refractivity contribution < 1.29 is 4.74 Å². The van der Waals surface area contributed by atoms with Crippen LogP contribution in [0.2, 0.25) is 0 Å². The number of nitrogens with one attached hydrogen (secondary N) is 1.